The summed E-state index contributed by atoms with van der Waals surface area (Å²) < 4.78 is 5.77. The van der Waals surface area contributed by atoms with Crippen LogP contribution >= 0.6 is 0 Å². The van der Waals surface area contributed by atoms with Gasteiger partial charge in [-0.05, 0) is 44.2 Å². The molecule has 0 unspecified atom stereocenters. The summed E-state index contributed by atoms with van der Waals surface area (Å²) >= 11 is 0. The predicted molar refractivity (Wildman–Crippen MR) is 81.9 cm³/mol. The summed E-state index contributed by atoms with van der Waals surface area (Å²) in [4.78, 5) is 11.0. The number of hydrogen-bond donors (Lipinski definition) is 3. The van der Waals surface area contributed by atoms with Gasteiger partial charge in [-0.3, -0.25) is 4.79 Å². The van der Waals surface area contributed by atoms with Crippen LogP contribution in [0.4, 0.5) is 0 Å². The van der Waals surface area contributed by atoms with Gasteiger partial charge in [-0.25, -0.2) is 0 Å². The van der Waals surface area contributed by atoms with Crippen LogP contribution in [0, 0.1) is 12.8 Å². The van der Waals surface area contributed by atoms with Crippen molar-refractivity contribution in [1.82, 2.24) is 5.32 Å². The lowest BCUT2D eigenvalue weighted by molar-refractivity contribution is -0.142. The molecule has 1 saturated carbocycles. The first kappa shape index (κ1) is 15.3. The second-order valence-electron chi connectivity index (χ2n) is 6.46. The summed E-state index contributed by atoms with van der Waals surface area (Å²) in [6.07, 6.45) is 2.49. The van der Waals surface area contributed by atoms with E-state index in [0.29, 0.717) is 19.4 Å². The molecule has 0 radical (unpaired) electrons. The Labute approximate surface area is 130 Å². The summed E-state index contributed by atoms with van der Waals surface area (Å²) in [5, 5.41) is 23.0. The molecule has 0 bridgehead atoms. The van der Waals surface area contributed by atoms with Crippen LogP contribution in [0.1, 0.15) is 42.9 Å². The largest absolute Gasteiger partial charge is 0.491 e. The van der Waals surface area contributed by atoms with Gasteiger partial charge in [0, 0.05) is 11.6 Å². The fraction of sp³-hybridized carbons (Fsp3) is 0.588. The fourth-order valence-corrected chi connectivity index (χ4v) is 3.45. The van der Waals surface area contributed by atoms with Gasteiger partial charge in [0.25, 0.3) is 0 Å². The molecule has 120 valence electrons. The van der Waals surface area contributed by atoms with E-state index in [1.54, 1.807) is 0 Å². The zero-order valence-electron chi connectivity index (χ0n) is 12.8. The third-order valence-corrected chi connectivity index (χ3v) is 4.81. The molecule has 1 aliphatic carbocycles. The van der Waals surface area contributed by atoms with Crippen LogP contribution in [-0.4, -0.2) is 34.9 Å². The maximum Gasteiger partial charge on any atom is 0.306 e. The average Bonchev–Trinajstić information content (AvgIpc) is 2.50. The van der Waals surface area contributed by atoms with Crippen LogP contribution in [0.5, 0.6) is 5.75 Å². The summed E-state index contributed by atoms with van der Waals surface area (Å²) in [6.45, 7) is 2.44. The molecule has 3 rings (SSSR count). The number of nitrogens with one attached hydrogen (secondary N) is 1. The highest BCUT2D eigenvalue weighted by Gasteiger charge is 2.33. The number of carbonyl (C=O) groups is 1. The van der Waals surface area contributed by atoms with Crippen LogP contribution < -0.4 is 10.1 Å². The third kappa shape index (κ3) is 3.10. The van der Waals surface area contributed by atoms with Crippen molar-refractivity contribution in [3.05, 3.63) is 29.3 Å². The molecule has 0 saturated heterocycles. The predicted octanol–water partition coefficient (Wildman–Crippen LogP) is 2.02. The molecule has 1 aromatic rings. The molecule has 22 heavy (non-hydrogen) atoms. The Morgan fingerprint density at radius 3 is 2.68 bits per heavy atom. The van der Waals surface area contributed by atoms with E-state index in [1.165, 1.54) is 0 Å². The van der Waals surface area contributed by atoms with Crippen molar-refractivity contribution < 1.29 is 19.7 Å². The van der Waals surface area contributed by atoms with E-state index in [-0.39, 0.29) is 18.0 Å². The Bertz CT molecular complexity index is 552. The fourth-order valence-electron chi connectivity index (χ4n) is 3.45. The highest BCUT2D eigenvalue weighted by atomic mass is 16.5. The molecular weight excluding hydrogens is 282 g/mol. The Balaban J connectivity index is 1.60. The molecule has 5 heteroatoms. The van der Waals surface area contributed by atoms with Gasteiger partial charge < -0.3 is 20.3 Å². The van der Waals surface area contributed by atoms with E-state index in [2.05, 4.69) is 5.32 Å². The van der Waals surface area contributed by atoms with Crippen molar-refractivity contribution in [2.45, 2.75) is 50.8 Å². The molecule has 1 heterocycles. The molecule has 0 spiro atoms. The molecule has 1 fully saturated rings. The standard InChI is InChI=1S/C17H23NO4/c1-10-2-7-13-15(8-10)22-9-14(16(13)19)18-12-5-3-11(4-6-12)17(20)21/h2,7-8,11-12,14,16,18-19H,3-6,9H2,1H3,(H,20,21)/t11-,12-,14-,16+/m1/s1. The van der Waals surface area contributed by atoms with Crippen LogP contribution in [0.15, 0.2) is 18.2 Å². The van der Waals surface area contributed by atoms with E-state index in [0.717, 1.165) is 29.7 Å². The molecule has 0 aromatic heterocycles. The normalized spacial score (nSPS) is 31.2. The maximum atomic E-state index is 11.0. The van der Waals surface area contributed by atoms with Crippen molar-refractivity contribution in [2.75, 3.05) is 6.61 Å². The average molecular weight is 305 g/mol. The Morgan fingerprint density at radius 1 is 1.27 bits per heavy atom. The first-order valence-electron chi connectivity index (χ1n) is 7.95. The Morgan fingerprint density at radius 2 is 2.00 bits per heavy atom. The molecule has 3 N–H and O–H groups in total. The SMILES string of the molecule is Cc1ccc2c(c1)OC[C@@H](N[C@H]1CC[C@H](C(=O)O)CC1)[C@H]2O. The first-order valence-corrected chi connectivity index (χ1v) is 7.95. The zero-order valence-corrected chi connectivity index (χ0v) is 12.8. The molecule has 0 amide bonds. The van der Waals surface area contributed by atoms with Crippen molar-refractivity contribution in [3.63, 3.8) is 0 Å². The van der Waals surface area contributed by atoms with Gasteiger partial charge in [-0.15, -0.1) is 0 Å². The van der Waals surface area contributed by atoms with E-state index in [4.69, 9.17) is 9.84 Å². The zero-order chi connectivity index (χ0) is 15.7. The van der Waals surface area contributed by atoms with E-state index >= 15 is 0 Å². The lowest BCUT2D eigenvalue weighted by atomic mass is 9.85. The number of carboxylic acid groups (broad SMARTS) is 1. The highest BCUT2D eigenvalue weighted by molar-refractivity contribution is 5.70. The van der Waals surface area contributed by atoms with Crippen LogP contribution in [-0.2, 0) is 4.79 Å². The minimum Gasteiger partial charge on any atom is -0.491 e. The van der Waals surface area contributed by atoms with Crippen LogP contribution in [0.3, 0.4) is 0 Å². The topological polar surface area (TPSA) is 78.8 Å². The minimum absolute atomic E-state index is 0.137. The number of aryl methyl sites for hydroxylation is 1. The number of ether oxygens (including phenoxy) is 1. The molecule has 2 aliphatic rings. The molecule has 5 nitrogen and oxygen atoms in total. The van der Waals surface area contributed by atoms with Crippen LogP contribution in [0.25, 0.3) is 0 Å². The number of rotatable bonds is 3. The highest BCUT2D eigenvalue weighted by Crippen LogP contribution is 2.34. The second kappa shape index (κ2) is 6.26. The van der Waals surface area contributed by atoms with Crippen molar-refractivity contribution in [2.24, 2.45) is 5.92 Å². The second-order valence-corrected chi connectivity index (χ2v) is 6.46. The Kier molecular flexibility index (Phi) is 4.36. The van der Waals surface area contributed by atoms with Gasteiger partial charge in [0.05, 0.1) is 12.0 Å². The van der Waals surface area contributed by atoms with Gasteiger partial charge in [0.15, 0.2) is 0 Å². The summed E-state index contributed by atoms with van der Waals surface area (Å²) in [5.41, 5.74) is 1.94. The van der Waals surface area contributed by atoms with E-state index in [1.807, 2.05) is 25.1 Å². The van der Waals surface area contributed by atoms with Crippen LogP contribution in [0.2, 0.25) is 0 Å². The smallest absolute Gasteiger partial charge is 0.306 e. The van der Waals surface area contributed by atoms with Gasteiger partial charge in [0.2, 0.25) is 0 Å². The lowest BCUT2D eigenvalue weighted by Crippen LogP contribution is -2.48. The maximum absolute atomic E-state index is 11.0. The van der Waals surface area contributed by atoms with E-state index < -0.39 is 12.1 Å². The number of fused-ring (bicyclic) bond motifs is 1. The number of hydrogen-bond acceptors (Lipinski definition) is 4. The lowest BCUT2D eigenvalue weighted by Gasteiger charge is -2.36. The molecule has 1 aliphatic heterocycles. The van der Waals surface area contributed by atoms with Gasteiger partial charge in [-0.2, -0.15) is 0 Å². The number of aliphatic hydroxyl groups is 1. The first-order chi connectivity index (χ1) is 10.5. The minimum atomic E-state index is -0.691. The van der Waals surface area contributed by atoms with Gasteiger partial charge >= 0.3 is 5.97 Å². The summed E-state index contributed by atoms with van der Waals surface area (Å²) in [5.74, 6) is -0.141. The van der Waals surface area contributed by atoms with Crippen molar-refractivity contribution >= 4 is 5.97 Å². The Hall–Kier alpha value is -1.59. The molecular formula is C17H23NO4. The summed E-state index contributed by atoms with van der Waals surface area (Å²) in [7, 11) is 0. The monoisotopic (exact) mass is 305 g/mol. The number of benzene rings is 1. The van der Waals surface area contributed by atoms with Gasteiger partial charge in [-0.1, -0.05) is 12.1 Å². The third-order valence-electron chi connectivity index (χ3n) is 4.81. The number of aliphatic carboxylic acids is 1. The van der Waals surface area contributed by atoms with Gasteiger partial charge in [0.1, 0.15) is 18.5 Å². The number of aliphatic hydroxyl groups excluding tert-OH is 1. The van der Waals surface area contributed by atoms with Crippen molar-refractivity contribution in [3.8, 4) is 5.75 Å². The number of carboxylic acids is 1. The quantitative estimate of drug-likeness (QED) is 0.796. The van der Waals surface area contributed by atoms with E-state index in [9.17, 15) is 9.90 Å². The van der Waals surface area contributed by atoms with Crippen molar-refractivity contribution in [1.29, 1.82) is 0 Å². The summed E-state index contributed by atoms with van der Waals surface area (Å²) in [6, 6.07) is 5.97. The molecule has 2 atom stereocenters. The molecule has 1 aromatic carbocycles.